The lowest BCUT2D eigenvalue weighted by Gasteiger charge is -2.26. The van der Waals surface area contributed by atoms with E-state index in [1.807, 2.05) is 12.1 Å². The lowest BCUT2D eigenvalue weighted by atomic mass is 9.92. The van der Waals surface area contributed by atoms with Gasteiger partial charge >= 0.3 is 0 Å². The van der Waals surface area contributed by atoms with Crippen molar-refractivity contribution in [1.29, 1.82) is 0 Å². The van der Waals surface area contributed by atoms with Gasteiger partial charge in [0.2, 0.25) is 0 Å². The van der Waals surface area contributed by atoms with Crippen LogP contribution in [0, 0.1) is 11.7 Å². The van der Waals surface area contributed by atoms with Crippen LogP contribution in [0.15, 0.2) is 24.3 Å². The summed E-state index contributed by atoms with van der Waals surface area (Å²) in [5.41, 5.74) is 1.10. The second-order valence-corrected chi connectivity index (χ2v) is 4.86. The van der Waals surface area contributed by atoms with Crippen molar-refractivity contribution in [2.24, 2.45) is 5.92 Å². The van der Waals surface area contributed by atoms with E-state index >= 15 is 0 Å². The van der Waals surface area contributed by atoms with Crippen molar-refractivity contribution in [2.75, 3.05) is 13.2 Å². The topological polar surface area (TPSA) is 9.23 Å². The van der Waals surface area contributed by atoms with Crippen molar-refractivity contribution in [1.82, 2.24) is 0 Å². The van der Waals surface area contributed by atoms with Gasteiger partial charge in [0.25, 0.3) is 0 Å². The van der Waals surface area contributed by atoms with Gasteiger partial charge < -0.3 is 4.74 Å². The van der Waals surface area contributed by atoms with Gasteiger partial charge in [-0.2, -0.15) is 0 Å². The lowest BCUT2D eigenvalue weighted by molar-refractivity contribution is 0.0651. The second kappa shape index (κ2) is 5.65. The van der Waals surface area contributed by atoms with Crippen LogP contribution in [0.5, 0.6) is 0 Å². The quantitative estimate of drug-likeness (QED) is 0.739. The molecule has 1 saturated heterocycles. The molecule has 0 bridgehead atoms. The van der Waals surface area contributed by atoms with E-state index in [1.165, 1.54) is 12.1 Å². The number of alkyl halides is 1. The largest absolute Gasteiger partial charge is 0.381 e. The molecule has 0 amide bonds. The van der Waals surface area contributed by atoms with Crippen LogP contribution in [0.3, 0.4) is 0 Å². The molecular formula is C13H16ClFO. The van der Waals surface area contributed by atoms with Gasteiger partial charge in [-0.1, -0.05) is 12.1 Å². The first-order chi connectivity index (χ1) is 7.75. The zero-order valence-corrected chi connectivity index (χ0v) is 9.92. The summed E-state index contributed by atoms with van der Waals surface area (Å²) in [4.78, 5) is 0. The Hall–Kier alpha value is -0.600. The highest BCUT2D eigenvalue weighted by Crippen LogP contribution is 2.25. The van der Waals surface area contributed by atoms with Gasteiger partial charge in [0.05, 0.1) is 0 Å². The molecule has 88 valence electrons. The Morgan fingerprint density at radius 3 is 2.50 bits per heavy atom. The summed E-state index contributed by atoms with van der Waals surface area (Å²) < 4.78 is 18.0. The molecule has 1 unspecified atom stereocenters. The van der Waals surface area contributed by atoms with E-state index in [9.17, 15) is 4.39 Å². The molecule has 0 aromatic heterocycles. The van der Waals surface area contributed by atoms with Gasteiger partial charge in [0.1, 0.15) is 5.82 Å². The number of hydrogen-bond acceptors (Lipinski definition) is 1. The number of benzene rings is 1. The van der Waals surface area contributed by atoms with E-state index < -0.39 is 0 Å². The van der Waals surface area contributed by atoms with Crippen molar-refractivity contribution in [2.45, 2.75) is 24.6 Å². The van der Waals surface area contributed by atoms with Crippen LogP contribution >= 0.6 is 11.6 Å². The molecule has 1 aliphatic rings. The van der Waals surface area contributed by atoms with Gasteiger partial charge in [-0.3, -0.25) is 0 Å². The fraction of sp³-hybridized carbons (Fsp3) is 0.538. The highest BCUT2D eigenvalue weighted by atomic mass is 35.5. The lowest BCUT2D eigenvalue weighted by Crippen LogP contribution is -2.25. The third kappa shape index (κ3) is 3.19. The Bertz CT molecular complexity index is 319. The van der Waals surface area contributed by atoms with Crippen molar-refractivity contribution < 1.29 is 9.13 Å². The van der Waals surface area contributed by atoms with Crippen molar-refractivity contribution in [3.8, 4) is 0 Å². The maximum Gasteiger partial charge on any atom is 0.123 e. The molecule has 2 rings (SSSR count). The Morgan fingerprint density at radius 2 is 1.88 bits per heavy atom. The van der Waals surface area contributed by atoms with Gasteiger partial charge in [-0.05, 0) is 42.9 Å². The maximum atomic E-state index is 12.7. The summed E-state index contributed by atoms with van der Waals surface area (Å²) in [6, 6.07) is 6.60. The van der Waals surface area contributed by atoms with Crippen LogP contribution in [0.25, 0.3) is 0 Å². The third-order valence-corrected chi connectivity index (χ3v) is 3.63. The zero-order valence-electron chi connectivity index (χ0n) is 9.16. The molecule has 0 N–H and O–H groups in total. The van der Waals surface area contributed by atoms with E-state index in [0.29, 0.717) is 5.92 Å². The fourth-order valence-corrected chi connectivity index (χ4v) is 2.52. The molecule has 0 aliphatic carbocycles. The molecule has 1 aromatic rings. The van der Waals surface area contributed by atoms with Crippen LogP contribution < -0.4 is 0 Å². The third-order valence-electron chi connectivity index (χ3n) is 3.12. The highest BCUT2D eigenvalue weighted by molar-refractivity contribution is 6.20. The SMILES string of the molecule is Fc1ccc(CC(Cl)C2CCOCC2)cc1. The molecular weight excluding hydrogens is 227 g/mol. The average Bonchev–Trinajstić information content (AvgIpc) is 2.33. The summed E-state index contributed by atoms with van der Waals surface area (Å²) in [7, 11) is 0. The Morgan fingerprint density at radius 1 is 1.25 bits per heavy atom. The summed E-state index contributed by atoms with van der Waals surface area (Å²) in [6.07, 6.45) is 2.89. The van der Waals surface area contributed by atoms with Gasteiger partial charge in [0, 0.05) is 18.6 Å². The van der Waals surface area contributed by atoms with Crippen LogP contribution in [0.1, 0.15) is 18.4 Å². The van der Waals surface area contributed by atoms with E-state index in [4.69, 9.17) is 16.3 Å². The van der Waals surface area contributed by atoms with Crippen molar-refractivity contribution in [3.63, 3.8) is 0 Å². The first-order valence-corrected chi connectivity index (χ1v) is 6.15. The van der Waals surface area contributed by atoms with Crippen LogP contribution in [-0.2, 0) is 11.2 Å². The van der Waals surface area contributed by atoms with Crippen molar-refractivity contribution in [3.05, 3.63) is 35.6 Å². The molecule has 1 nitrogen and oxygen atoms in total. The van der Waals surface area contributed by atoms with Crippen LogP contribution in [-0.4, -0.2) is 18.6 Å². The van der Waals surface area contributed by atoms with Gasteiger partial charge in [0.15, 0.2) is 0 Å². The van der Waals surface area contributed by atoms with Crippen LogP contribution in [0.2, 0.25) is 0 Å². The minimum atomic E-state index is -0.194. The molecule has 3 heteroatoms. The number of hydrogen-bond donors (Lipinski definition) is 0. The molecule has 0 spiro atoms. The zero-order chi connectivity index (χ0) is 11.4. The summed E-state index contributed by atoms with van der Waals surface area (Å²) in [6.45, 7) is 1.63. The standard InChI is InChI=1S/C13H16ClFO/c14-13(11-5-7-16-8-6-11)9-10-1-3-12(15)4-2-10/h1-4,11,13H,5-9H2. The normalized spacial score (nSPS) is 19.6. The highest BCUT2D eigenvalue weighted by Gasteiger charge is 2.22. The smallest absolute Gasteiger partial charge is 0.123 e. The average molecular weight is 243 g/mol. The van der Waals surface area contributed by atoms with Gasteiger partial charge in [-0.25, -0.2) is 4.39 Å². The molecule has 1 atom stereocenters. The molecule has 1 aliphatic heterocycles. The molecule has 1 aromatic carbocycles. The predicted octanol–water partition coefficient (Wildman–Crippen LogP) is 3.40. The molecule has 1 fully saturated rings. The van der Waals surface area contributed by atoms with Crippen LogP contribution in [0.4, 0.5) is 4.39 Å². The molecule has 1 heterocycles. The van der Waals surface area contributed by atoms with E-state index in [1.54, 1.807) is 0 Å². The Balaban J connectivity index is 1.90. The monoisotopic (exact) mass is 242 g/mol. The van der Waals surface area contributed by atoms with E-state index in [2.05, 4.69) is 0 Å². The van der Waals surface area contributed by atoms with Gasteiger partial charge in [-0.15, -0.1) is 11.6 Å². The second-order valence-electron chi connectivity index (χ2n) is 4.30. The van der Waals surface area contributed by atoms with E-state index in [0.717, 1.165) is 38.0 Å². The molecule has 0 saturated carbocycles. The Kier molecular flexibility index (Phi) is 4.19. The maximum absolute atomic E-state index is 12.7. The first kappa shape index (κ1) is 11.9. The molecule has 0 radical (unpaired) electrons. The van der Waals surface area contributed by atoms with E-state index in [-0.39, 0.29) is 11.2 Å². The fourth-order valence-electron chi connectivity index (χ4n) is 2.09. The number of ether oxygens (including phenoxy) is 1. The minimum absolute atomic E-state index is 0.134. The molecule has 16 heavy (non-hydrogen) atoms. The number of halogens is 2. The summed E-state index contributed by atoms with van der Waals surface area (Å²) in [5.74, 6) is 0.335. The summed E-state index contributed by atoms with van der Waals surface area (Å²) in [5, 5.41) is 0.134. The minimum Gasteiger partial charge on any atom is -0.381 e. The van der Waals surface area contributed by atoms with Crippen molar-refractivity contribution >= 4 is 11.6 Å². The summed E-state index contributed by atoms with van der Waals surface area (Å²) >= 11 is 6.38. The Labute approximate surface area is 101 Å². The predicted molar refractivity (Wildman–Crippen MR) is 63.3 cm³/mol. The first-order valence-electron chi connectivity index (χ1n) is 5.72. The number of rotatable bonds is 3.